The molecule has 0 unspecified atom stereocenters. The maximum absolute atomic E-state index is 6.08. The lowest BCUT2D eigenvalue weighted by atomic mass is 9.95. The zero-order valence-electron chi connectivity index (χ0n) is 16.0. The van der Waals surface area contributed by atoms with Crippen LogP contribution < -0.4 is 0 Å². The molecule has 1 aromatic carbocycles. The van der Waals surface area contributed by atoms with Crippen molar-refractivity contribution in [3.63, 3.8) is 0 Å². The second-order valence-electron chi connectivity index (χ2n) is 8.15. The molecule has 1 aliphatic rings. The van der Waals surface area contributed by atoms with Gasteiger partial charge in [-0.2, -0.15) is 0 Å². The molecule has 140 valence electrons. The average molecular weight is 382 g/mol. The van der Waals surface area contributed by atoms with Crippen LogP contribution in [0, 0.1) is 0 Å². The fourth-order valence-corrected chi connectivity index (χ4v) is 3.54. The van der Waals surface area contributed by atoms with Gasteiger partial charge >= 0.3 is 0 Å². The maximum Gasteiger partial charge on any atom is 0.134 e. The number of benzene rings is 1. The predicted octanol–water partition coefficient (Wildman–Crippen LogP) is 5.25. The molecule has 0 N–H and O–H groups in total. The van der Waals surface area contributed by atoms with Crippen LogP contribution in [0.25, 0.3) is 11.3 Å². The largest absolute Gasteiger partial charge is 0.460 e. The Bertz CT molecular complexity index is 958. The van der Waals surface area contributed by atoms with Gasteiger partial charge in [0.1, 0.15) is 17.3 Å². The van der Waals surface area contributed by atoms with Crippen molar-refractivity contribution in [2.45, 2.75) is 45.7 Å². The summed E-state index contributed by atoms with van der Waals surface area (Å²) >= 11 is 6.08. The minimum absolute atomic E-state index is 0.0168. The second-order valence-corrected chi connectivity index (χ2v) is 8.59. The molecule has 0 atom stereocenters. The summed E-state index contributed by atoms with van der Waals surface area (Å²) in [6, 6.07) is 11.8. The maximum atomic E-state index is 6.08. The monoisotopic (exact) mass is 381 g/mol. The van der Waals surface area contributed by atoms with Gasteiger partial charge in [-0.15, -0.1) is 0 Å². The van der Waals surface area contributed by atoms with E-state index in [9.17, 15) is 0 Å². The van der Waals surface area contributed by atoms with E-state index >= 15 is 0 Å². The molecule has 0 radical (unpaired) electrons. The number of nitrogens with zero attached hydrogens (tertiary/aromatic N) is 3. The first-order valence-corrected chi connectivity index (χ1v) is 9.68. The van der Waals surface area contributed by atoms with E-state index in [2.05, 4.69) is 30.7 Å². The first kappa shape index (κ1) is 18.2. The number of rotatable bonds is 3. The molecule has 0 amide bonds. The summed E-state index contributed by atoms with van der Waals surface area (Å²) in [5.41, 5.74) is 3.39. The Hall–Kier alpha value is -2.17. The van der Waals surface area contributed by atoms with Crippen molar-refractivity contribution in [2.24, 2.45) is 0 Å². The molecule has 27 heavy (non-hydrogen) atoms. The Balaban J connectivity index is 1.46. The number of halogens is 1. The van der Waals surface area contributed by atoms with Crippen molar-refractivity contribution in [2.75, 3.05) is 6.54 Å². The molecule has 1 aliphatic heterocycles. The summed E-state index contributed by atoms with van der Waals surface area (Å²) in [7, 11) is 0. The first-order chi connectivity index (χ1) is 12.9. The number of hydrogen-bond donors (Lipinski definition) is 0. The second kappa shape index (κ2) is 7.10. The van der Waals surface area contributed by atoms with Crippen LogP contribution in [0.15, 0.2) is 47.0 Å². The highest BCUT2D eigenvalue weighted by atomic mass is 35.5. The molecule has 3 heterocycles. The van der Waals surface area contributed by atoms with Crippen LogP contribution in [0.3, 0.4) is 0 Å². The standard InChI is InChI=1S/C22H24ClN3O/c1-22(2,3)21-24-12-16-13-26(10-9-19(16)25-21)14-18-7-8-20(27-18)15-5-4-6-17(23)11-15/h4-8,11-12H,9-10,13-14H2,1-3H3. The van der Waals surface area contributed by atoms with Gasteiger partial charge in [0.2, 0.25) is 0 Å². The van der Waals surface area contributed by atoms with Gasteiger partial charge in [0.05, 0.1) is 6.54 Å². The van der Waals surface area contributed by atoms with E-state index in [1.165, 1.54) is 11.3 Å². The van der Waals surface area contributed by atoms with Crippen LogP contribution in [0.5, 0.6) is 0 Å². The summed E-state index contributed by atoms with van der Waals surface area (Å²) in [4.78, 5) is 11.8. The lowest BCUT2D eigenvalue weighted by Crippen LogP contribution is -2.31. The summed E-state index contributed by atoms with van der Waals surface area (Å²) in [6.45, 7) is 9.06. The van der Waals surface area contributed by atoms with Crippen molar-refractivity contribution in [3.8, 4) is 11.3 Å². The van der Waals surface area contributed by atoms with Gasteiger partial charge in [0.25, 0.3) is 0 Å². The zero-order valence-corrected chi connectivity index (χ0v) is 16.8. The number of furan rings is 1. The average Bonchev–Trinajstić information content (AvgIpc) is 3.09. The van der Waals surface area contributed by atoms with Gasteiger partial charge in [-0.3, -0.25) is 4.90 Å². The van der Waals surface area contributed by atoms with Gasteiger partial charge in [0.15, 0.2) is 0 Å². The van der Waals surface area contributed by atoms with Crippen molar-refractivity contribution in [3.05, 3.63) is 70.5 Å². The lowest BCUT2D eigenvalue weighted by Gasteiger charge is -2.28. The van der Waals surface area contributed by atoms with Crippen LogP contribution in [-0.4, -0.2) is 21.4 Å². The number of hydrogen-bond acceptors (Lipinski definition) is 4. The molecule has 0 bridgehead atoms. The summed E-state index contributed by atoms with van der Waals surface area (Å²) in [6.07, 6.45) is 2.94. The van der Waals surface area contributed by atoms with Crippen molar-refractivity contribution in [1.29, 1.82) is 0 Å². The molecule has 3 aromatic rings. The molecule has 0 fully saturated rings. The number of aromatic nitrogens is 2. The third-order valence-corrected chi connectivity index (χ3v) is 5.07. The van der Waals surface area contributed by atoms with Gasteiger partial charge in [-0.05, 0) is 24.3 Å². The third-order valence-electron chi connectivity index (χ3n) is 4.83. The fraction of sp³-hybridized carbons (Fsp3) is 0.364. The topological polar surface area (TPSA) is 42.2 Å². The van der Waals surface area contributed by atoms with E-state index in [-0.39, 0.29) is 5.41 Å². The van der Waals surface area contributed by atoms with Crippen molar-refractivity contribution in [1.82, 2.24) is 14.9 Å². The van der Waals surface area contributed by atoms with E-state index in [1.807, 2.05) is 42.6 Å². The van der Waals surface area contributed by atoms with Gasteiger partial charge < -0.3 is 4.42 Å². The molecule has 4 nitrogen and oxygen atoms in total. The van der Waals surface area contributed by atoms with Crippen LogP contribution in [0.2, 0.25) is 5.02 Å². The van der Waals surface area contributed by atoms with E-state index in [0.29, 0.717) is 5.02 Å². The first-order valence-electron chi connectivity index (χ1n) is 9.31. The predicted molar refractivity (Wildman–Crippen MR) is 108 cm³/mol. The minimum atomic E-state index is -0.0168. The molecule has 0 aliphatic carbocycles. The summed E-state index contributed by atoms with van der Waals surface area (Å²) < 4.78 is 6.05. The van der Waals surface area contributed by atoms with E-state index in [4.69, 9.17) is 21.0 Å². The molecular weight excluding hydrogens is 358 g/mol. The summed E-state index contributed by atoms with van der Waals surface area (Å²) in [5.74, 6) is 2.73. The minimum Gasteiger partial charge on any atom is -0.460 e. The molecule has 5 heteroatoms. The molecule has 0 saturated carbocycles. The molecule has 4 rings (SSSR count). The van der Waals surface area contributed by atoms with E-state index in [1.54, 1.807) is 0 Å². The van der Waals surface area contributed by atoms with Crippen LogP contribution >= 0.6 is 11.6 Å². The van der Waals surface area contributed by atoms with Crippen molar-refractivity contribution < 1.29 is 4.42 Å². The van der Waals surface area contributed by atoms with Crippen LogP contribution in [-0.2, 0) is 24.9 Å². The smallest absolute Gasteiger partial charge is 0.134 e. The van der Waals surface area contributed by atoms with Crippen LogP contribution in [0.1, 0.15) is 43.6 Å². The third kappa shape index (κ3) is 4.07. The lowest BCUT2D eigenvalue weighted by molar-refractivity contribution is 0.223. The Morgan fingerprint density at radius 3 is 2.81 bits per heavy atom. The molecule has 2 aromatic heterocycles. The van der Waals surface area contributed by atoms with Gasteiger partial charge in [-0.25, -0.2) is 9.97 Å². The molecule has 0 spiro atoms. The summed E-state index contributed by atoms with van der Waals surface area (Å²) in [5, 5.41) is 0.715. The highest BCUT2D eigenvalue weighted by Gasteiger charge is 2.23. The molecule has 0 saturated heterocycles. The van der Waals surface area contributed by atoms with Gasteiger partial charge in [-0.1, -0.05) is 44.5 Å². The quantitative estimate of drug-likeness (QED) is 0.621. The van der Waals surface area contributed by atoms with Crippen LogP contribution in [0.4, 0.5) is 0 Å². The highest BCUT2D eigenvalue weighted by molar-refractivity contribution is 6.30. The van der Waals surface area contributed by atoms with E-state index < -0.39 is 0 Å². The van der Waals surface area contributed by atoms with E-state index in [0.717, 1.165) is 49.0 Å². The Labute approximate surface area is 165 Å². The fourth-order valence-electron chi connectivity index (χ4n) is 3.35. The highest BCUT2D eigenvalue weighted by Crippen LogP contribution is 2.27. The zero-order chi connectivity index (χ0) is 19.0. The SMILES string of the molecule is CC(C)(C)c1ncc2c(n1)CCN(Cc1ccc(-c3cccc(Cl)c3)o1)C2. The normalized spacial score (nSPS) is 15.0. The molecular formula is C22H24ClN3O. The van der Waals surface area contributed by atoms with Gasteiger partial charge in [0, 0.05) is 53.0 Å². The Morgan fingerprint density at radius 1 is 1.19 bits per heavy atom. The Kier molecular flexibility index (Phi) is 4.79. The Morgan fingerprint density at radius 2 is 2.04 bits per heavy atom. The van der Waals surface area contributed by atoms with Crippen molar-refractivity contribution >= 4 is 11.6 Å². The number of fused-ring (bicyclic) bond motifs is 1.